The van der Waals surface area contributed by atoms with Crippen LogP contribution in [0.2, 0.25) is 0 Å². The van der Waals surface area contributed by atoms with Gasteiger partial charge in [-0.05, 0) is 42.8 Å². The molecule has 3 atom stereocenters. The first-order valence-electron chi connectivity index (χ1n) is 12.8. The van der Waals surface area contributed by atoms with Crippen molar-refractivity contribution < 1.29 is 14.1 Å². The van der Waals surface area contributed by atoms with Crippen LogP contribution in [0.15, 0.2) is 124 Å². The first kappa shape index (κ1) is 26.0. The van der Waals surface area contributed by atoms with Crippen molar-refractivity contribution >= 4 is 52.7 Å². The predicted molar refractivity (Wildman–Crippen MR) is 161 cm³/mol. The van der Waals surface area contributed by atoms with E-state index in [-0.39, 0.29) is 23.2 Å². The number of carbonyl (C=O) groups is 2. The molecule has 2 heterocycles. The number of rotatable bonds is 6. The Hall–Kier alpha value is -4.21. The number of urea groups is 1. The Morgan fingerprint density at radius 3 is 2.58 bits per heavy atom. The van der Waals surface area contributed by atoms with Crippen molar-refractivity contribution in [1.29, 1.82) is 0 Å². The second-order valence-electron chi connectivity index (χ2n) is 9.36. The number of hydrogen-bond donors (Lipinski definition) is 2. The Kier molecular flexibility index (Phi) is 7.48. The lowest BCUT2D eigenvalue weighted by Gasteiger charge is -2.40. The molecule has 3 amide bonds. The van der Waals surface area contributed by atoms with Gasteiger partial charge in [0.05, 0.1) is 17.0 Å². The number of benzene rings is 3. The molecule has 0 fully saturated rings. The van der Waals surface area contributed by atoms with E-state index >= 15 is 0 Å². The maximum atomic E-state index is 13.7. The van der Waals surface area contributed by atoms with E-state index < -0.39 is 5.25 Å². The monoisotopic (exact) mass is 566 g/mol. The molecule has 9 heteroatoms. The van der Waals surface area contributed by atoms with Gasteiger partial charge in [-0.3, -0.25) is 9.69 Å². The van der Waals surface area contributed by atoms with E-state index in [2.05, 4.69) is 34.0 Å². The molecule has 0 radical (unpaired) electrons. The van der Waals surface area contributed by atoms with Crippen LogP contribution in [0.3, 0.4) is 0 Å². The number of aromatic nitrogens is 1. The molecule has 1 aliphatic carbocycles. The summed E-state index contributed by atoms with van der Waals surface area (Å²) < 4.78 is 5.10. The zero-order valence-corrected chi connectivity index (χ0v) is 23.2. The van der Waals surface area contributed by atoms with Crippen molar-refractivity contribution in [2.24, 2.45) is 0 Å². The highest BCUT2D eigenvalue weighted by Crippen LogP contribution is 2.44. The van der Waals surface area contributed by atoms with E-state index in [0.717, 1.165) is 21.0 Å². The number of amides is 3. The number of para-hydroxylation sites is 1. The van der Waals surface area contributed by atoms with Crippen LogP contribution in [0.4, 0.5) is 22.0 Å². The van der Waals surface area contributed by atoms with Gasteiger partial charge in [-0.2, -0.15) is 0 Å². The van der Waals surface area contributed by atoms with Crippen molar-refractivity contribution in [3.63, 3.8) is 0 Å². The van der Waals surface area contributed by atoms with E-state index in [1.54, 1.807) is 24.8 Å². The van der Waals surface area contributed by atoms with Crippen LogP contribution < -0.4 is 15.5 Å². The predicted octanol–water partition coefficient (Wildman–Crippen LogP) is 7.46. The van der Waals surface area contributed by atoms with Gasteiger partial charge in [0.25, 0.3) is 0 Å². The lowest BCUT2D eigenvalue weighted by Crippen LogP contribution is -2.49. The minimum absolute atomic E-state index is 0.0891. The minimum atomic E-state index is -0.546. The number of nitrogens with zero attached hydrogens (tertiary/aromatic N) is 2. The maximum absolute atomic E-state index is 13.7. The van der Waals surface area contributed by atoms with Crippen molar-refractivity contribution in [2.75, 3.05) is 15.5 Å². The number of aryl methyl sites for hydroxylation is 1. The summed E-state index contributed by atoms with van der Waals surface area (Å²) in [6, 6.07) is 26.5. The molecule has 0 spiro atoms. The van der Waals surface area contributed by atoms with Crippen LogP contribution in [0.1, 0.15) is 16.6 Å². The Balaban J connectivity index is 1.23. The molecule has 2 aliphatic rings. The lowest BCUT2D eigenvalue weighted by atomic mass is 10.1. The highest BCUT2D eigenvalue weighted by Gasteiger charge is 2.36. The van der Waals surface area contributed by atoms with Gasteiger partial charge in [0.1, 0.15) is 11.0 Å². The van der Waals surface area contributed by atoms with Gasteiger partial charge in [-0.1, -0.05) is 78.0 Å². The quantitative estimate of drug-likeness (QED) is 0.236. The largest absolute Gasteiger partial charge is 0.360 e. The van der Waals surface area contributed by atoms with Gasteiger partial charge in [0, 0.05) is 21.5 Å². The van der Waals surface area contributed by atoms with Gasteiger partial charge in [-0.25, -0.2) is 4.79 Å². The van der Waals surface area contributed by atoms with Crippen molar-refractivity contribution in [1.82, 2.24) is 5.16 Å². The third-order valence-corrected chi connectivity index (χ3v) is 9.08. The van der Waals surface area contributed by atoms with Gasteiger partial charge in [-0.15, -0.1) is 23.5 Å². The number of anilines is 3. The molecule has 6 rings (SSSR count). The summed E-state index contributed by atoms with van der Waals surface area (Å²) in [5.74, 6) is 0.767. The molecule has 3 aromatic carbocycles. The van der Waals surface area contributed by atoms with Crippen LogP contribution >= 0.6 is 23.5 Å². The second kappa shape index (κ2) is 11.5. The minimum Gasteiger partial charge on any atom is -0.360 e. The Morgan fingerprint density at radius 1 is 0.950 bits per heavy atom. The summed E-state index contributed by atoms with van der Waals surface area (Å²) in [6.45, 7) is 1.77. The normalized spacial score (nSPS) is 18.0. The van der Waals surface area contributed by atoms with Gasteiger partial charge < -0.3 is 15.2 Å². The zero-order chi connectivity index (χ0) is 27.5. The molecule has 7 nitrogen and oxygen atoms in total. The standard InChI is InChI=1S/C31H26N4O3S2/c1-20-18-28(34-38-20)33-30(36)29(21-10-3-2-4-11-21)39-23-13-9-12-22(19-23)32-31(37)35-24-14-5-7-16-26(24)40-27-17-8-6-15-25(27)35/h2-19,24,26,29H,1H3,(H,32,37)(H,33,34,36). The Morgan fingerprint density at radius 2 is 1.75 bits per heavy atom. The van der Waals surface area contributed by atoms with E-state index in [0.29, 0.717) is 17.3 Å². The molecule has 3 unspecified atom stereocenters. The van der Waals surface area contributed by atoms with E-state index in [9.17, 15) is 9.59 Å². The fourth-order valence-corrected chi connectivity index (χ4v) is 7.05. The topological polar surface area (TPSA) is 87.5 Å². The van der Waals surface area contributed by atoms with Crippen molar-refractivity contribution in [3.05, 3.63) is 121 Å². The molecule has 0 saturated heterocycles. The molecule has 1 aliphatic heterocycles. The average molecular weight is 567 g/mol. The number of allylic oxidation sites excluding steroid dienone is 2. The molecule has 1 aromatic heterocycles. The SMILES string of the molecule is Cc1cc(NC(=O)C(Sc2cccc(NC(=O)N3c4ccccc4SC4C=CC=CC43)c2)c2ccccc2)no1. The molecule has 40 heavy (non-hydrogen) atoms. The molecule has 2 N–H and O–H groups in total. The second-order valence-corrected chi connectivity index (χ2v) is 11.8. The average Bonchev–Trinajstić information content (AvgIpc) is 3.39. The highest BCUT2D eigenvalue weighted by molar-refractivity contribution is 8.00. The van der Waals surface area contributed by atoms with Gasteiger partial charge in [0.2, 0.25) is 5.91 Å². The van der Waals surface area contributed by atoms with Crippen LogP contribution in [-0.2, 0) is 4.79 Å². The van der Waals surface area contributed by atoms with Crippen LogP contribution in [0, 0.1) is 6.92 Å². The summed E-state index contributed by atoms with van der Waals surface area (Å²) in [5, 5.41) is 9.44. The summed E-state index contributed by atoms with van der Waals surface area (Å²) in [5.41, 5.74) is 2.39. The third-order valence-electron chi connectivity index (χ3n) is 6.52. The van der Waals surface area contributed by atoms with Crippen LogP contribution in [0.25, 0.3) is 0 Å². The molecule has 4 aromatic rings. The van der Waals surface area contributed by atoms with Gasteiger partial charge in [0.15, 0.2) is 5.82 Å². The summed E-state index contributed by atoms with van der Waals surface area (Å²) >= 11 is 3.17. The summed E-state index contributed by atoms with van der Waals surface area (Å²) in [6.07, 6.45) is 8.22. The number of carbonyl (C=O) groups excluding carboxylic acids is 2. The number of thioether (sulfide) groups is 2. The number of nitrogens with one attached hydrogen (secondary N) is 2. The highest BCUT2D eigenvalue weighted by atomic mass is 32.2. The first-order chi connectivity index (χ1) is 19.5. The Bertz CT molecular complexity index is 1600. The van der Waals surface area contributed by atoms with Crippen molar-refractivity contribution in [2.45, 2.75) is 33.3 Å². The molecule has 200 valence electrons. The van der Waals surface area contributed by atoms with E-state index in [4.69, 9.17) is 4.52 Å². The lowest BCUT2D eigenvalue weighted by molar-refractivity contribution is -0.115. The summed E-state index contributed by atoms with van der Waals surface area (Å²) in [7, 11) is 0. The van der Waals surface area contributed by atoms with E-state index in [1.165, 1.54) is 11.8 Å². The molecule has 0 saturated carbocycles. The first-order valence-corrected chi connectivity index (χ1v) is 14.6. The molecular formula is C31H26N4O3S2. The fourth-order valence-electron chi connectivity index (χ4n) is 4.71. The maximum Gasteiger partial charge on any atom is 0.326 e. The van der Waals surface area contributed by atoms with Crippen molar-refractivity contribution in [3.8, 4) is 0 Å². The zero-order valence-electron chi connectivity index (χ0n) is 21.6. The number of hydrogen-bond acceptors (Lipinski definition) is 6. The smallest absolute Gasteiger partial charge is 0.326 e. The third kappa shape index (κ3) is 5.57. The van der Waals surface area contributed by atoms with E-state index in [1.807, 2.05) is 89.8 Å². The summed E-state index contributed by atoms with van der Waals surface area (Å²) in [4.78, 5) is 30.8. The van der Waals surface area contributed by atoms with Crippen LogP contribution in [-0.4, -0.2) is 28.4 Å². The van der Waals surface area contributed by atoms with Crippen LogP contribution in [0.5, 0.6) is 0 Å². The Labute approximate surface area is 240 Å². The number of fused-ring (bicyclic) bond motifs is 2. The van der Waals surface area contributed by atoms with Gasteiger partial charge >= 0.3 is 6.03 Å². The molecular weight excluding hydrogens is 541 g/mol. The fraction of sp³-hybridized carbons (Fsp3) is 0.129. The molecule has 0 bridgehead atoms.